The molecule has 0 aromatic heterocycles. The number of halogens is 2. The van der Waals surface area contributed by atoms with Gasteiger partial charge in [-0.25, -0.2) is 8.42 Å². The fraction of sp³-hybridized carbons (Fsp3) is 0.562. The summed E-state index contributed by atoms with van der Waals surface area (Å²) in [6.45, 7) is 4.21. The van der Waals surface area contributed by atoms with Crippen LogP contribution in [0, 0.1) is 0 Å². The minimum Gasteiger partial charge on any atom is -0.497 e. The molecular weight excluding hydrogens is 595 g/mol. The number of hydrogen-bond donors (Lipinski definition) is 1. The van der Waals surface area contributed by atoms with Gasteiger partial charge in [-0.1, -0.05) is 114 Å². The third-order valence-corrected chi connectivity index (χ3v) is 11.0. The Kier molecular flexibility index (Phi) is 15.9. The van der Waals surface area contributed by atoms with E-state index in [-0.39, 0.29) is 5.56 Å². The number of carbonyl (C=O) groups is 2. The first-order valence-corrected chi connectivity index (χ1v) is 17.2. The molecule has 2 rings (SSSR count). The number of anilines is 1. The summed E-state index contributed by atoms with van der Waals surface area (Å²) in [5.41, 5.74) is 0.232. The van der Waals surface area contributed by atoms with Crippen molar-refractivity contribution in [3.05, 3.63) is 60.2 Å². The number of unbranched alkanes of at least 4 members (excludes halogenated alkanes) is 9. The Labute approximate surface area is 262 Å². The van der Waals surface area contributed by atoms with E-state index in [1.54, 1.807) is 30.3 Å². The molecule has 0 heterocycles. The lowest BCUT2D eigenvalue weighted by Gasteiger charge is -2.32. The fourth-order valence-electron chi connectivity index (χ4n) is 4.79. The van der Waals surface area contributed by atoms with Crippen molar-refractivity contribution in [2.45, 2.75) is 108 Å². The highest BCUT2D eigenvalue weighted by atomic mass is 35.5. The van der Waals surface area contributed by atoms with E-state index >= 15 is 0 Å². The lowest BCUT2D eigenvalue weighted by molar-refractivity contribution is -0.116. The van der Waals surface area contributed by atoms with Gasteiger partial charge in [0, 0.05) is 17.3 Å². The van der Waals surface area contributed by atoms with E-state index in [0.29, 0.717) is 28.1 Å². The first kappa shape index (κ1) is 36.1. The van der Waals surface area contributed by atoms with E-state index in [9.17, 15) is 18.0 Å². The van der Waals surface area contributed by atoms with Crippen molar-refractivity contribution in [3.8, 4) is 5.75 Å². The zero-order valence-electron chi connectivity index (χ0n) is 25.1. The van der Waals surface area contributed by atoms with Crippen molar-refractivity contribution in [2.75, 3.05) is 12.4 Å². The topological polar surface area (TPSA) is 92.8 Å². The van der Waals surface area contributed by atoms with Crippen LogP contribution in [0.1, 0.15) is 108 Å². The zero-order chi connectivity index (χ0) is 31.0. The van der Waals surface area contributed by atoms with Gasteiger partial charge in [-0.2, -0.15) is 0 Å². The van der Waals surface area contributed by atoms with Gasteiger partial charge in [0.2, 0.25) is 5.78 Å². The molecule has 2 aromatic carbocycles. The van der Waals surface area contributed by atoms with Gasteiger partial charge >= 0.3 is 4.21 Å². The Morgan fingerprint density at radius 3 is 1.90 bits per heavy atom. The van der Waals surface area contributed by atoms with Crippen LogP contribution in [0.25, 0.3) is 0 Å². The Morgan fingerprint density at radius 1 is 0.833 bits per heavy atom. The highest BCUT2D eigenvalue weighted by molar-refractivity contribution is 7.94. The van der Waals surface area contributed by atoms with Gasteiger partial charge in [0.05, 0.1) is 7.11 Å². The predicted molar refractivity (Wildman–Crippen MR) is 173 cm³/mol. The van der Waals surface area contributed by atoms with Crippen molar-refractivity contribution < 1.29 is 22.7 Å². The van der Waals surface area contributed by atoms with Crippen LogP contribution in [0.15, 0.2) is 54.6 Å². The molecule has 0 spiro atoms. The number of nitrogens with zero attached hydrogens (tertiary/aromatic N) is 1. The number of sulfonamides is 1. The molecule has 0 fully saturated rings. The maximum Gasteiger partial charge on any atom is 0.300 e. The van der Waals surface area contributed by atoms with E-state index in [2.05, 4.69) is 12.2 Å². The van der Waals surface area contributed by atoms with Crippen LogP contribution in [0.3, 0.4) is 0 Å². The summed E-state index contributed by atoms with van der Waals surface area (Å²) in [6.07, 6.45) is 12.7. The molecule has 0 bridgehead atoms. The second-order valence-electron chi connectivity index (χ2n) is 10.6. The Hall–Kier alpha value is -2.13. The molecule has 0 saturated heterocycles. The molecule has 42 heavy (non-hydrogen) atoms. The number of Topliss-reactive ketones (excluding diaryl/α,β-unsaturated/α-hetero) is 1. The first-order chi connectivity index (χ1) is 20.1. The van der Waals surface area contributed by atoms with Gasteiger partial charge < -0.3 is 10.1 Å². The normalized spacial score (nSPS) is 13.9. The van der Waals surface area contributed by atoms with Crippen LogP contribution < -0.4 is 10.1 Å². The number of benzene rings is 2. The van der Waals surface area contributed by atoms with Crippen molar-refractivity contribution in [1.82, 2.24) is 3.82 Å². The molecule has 0 aliphatic rings. The van der Waals surface area contributed by atoms with Gasteiger partial charge in [0.1, 0.15) is 5.75 Å². The lowest BCUT2D eigenvalue weighted by atomic mass is 10.0. The summed E-state index contributed by atoms with van der Waals surface area (Å²) in [4.78, 5) is 27.4. The van der Waals surface area contributed by atoms with Crippen molar-refractivity contribution in [2.24, 2.45) is 0 Å². The summed E-state index contributed by atoms with van der Waals surface area (Å²) in [7, 11) is -3.43. The second-order valence-corrected chi connectivity index (χ2v) is 13.9. The molecule has 2 aromatic rings. The average Bonchev–Trinajstić information content (AvgIpc) is 3.00. The highest BCUT2D eigenvalue weighted by Crippen LogP contribution is 2.37. The number of rotatable bonds is 21. The quantitative estimate of drug-likeness (QED) is 0.0484. The minimum atomic E-state index is -4.90. The number of methoxy groups -OCH3 is 1. The molecule has 234 valence electrons. The van der Waals surface area contributed by atoms with E-state index in [0.717, 1.165) is 38.5 Å². The van der Waals surface area contributed by atoms with E-state index in [1.807, 2.05) is 6.92 Å². The zero-order valence-corrected chi connectivity index (χ0v) is 27.4. The Bertz CT molecular complexity index is 1200. The number of nitrogens with one attached hydrogen (secondary N) is 1. The highest BCUT2D eigenvalue weighted by Gasteiger charge is 2.59. The molecule has 2 unspecified atom stereocenters. The van der Waals surface area contributed by atoms with Crippen LogP contribution >= 0.6 is 23.4 Å². The van der Waals surface area contributed by atoms with Gasteiger partial charge in [-0.15, -0.1) is 3.82 Å². The third-order valence-electron chi connectivity index (χ3n) is 7.37. The van der Waals surface area contributed by atoms with E-state index in [4.69, 9.17) is 28.1 Å². The summed E-state index contributed by atoms with van der Waals surface area (Å²) >= 11 is 13.3. The number of carbonyl (C=O) groups excluding carboxylic acids is 2. The smallest absolute Gasteiger partial charge is 0.300 e. The number of hydrogen-bond acceptors (Lipinski definition) is 5. The third kappa shape index (κ3) is 9.97. The number of alkyl halides is 1. The standard InChI is InChI=1S/C32H46Cl2N2O5S/c1-4-6-8-9-10-11-12-13-17-21-28(20-7-5-2)36(34)42(39,40)32(33,31(38)35-27-18-15-14-16-19-27)30(37)26-22-24-29(41-3)25-23-26/h14-16,18-19,22-25,28H,4-13,17,20-21H2,1-3H3,(H,35,38). The van der Waals surface area contributed by atoms with Crippen LogP contribution in [-0.2, 0) is 14.8 Å². The summed E-state index contributed by atoms with van der Waals surface area (Å²) in [5.74, 6) is -1.83. The molecule has 0 saturated carbocycles. The lowest BCUT2D eigenvalue weighted by Crippen LogP contribution is -2.56. The second kappa shape index (κ2) is 18.5. The van der Waals surface area contributed by atoms with E-state index < -0.39 is 32.0 Å². The monoisotopic (exact) mass is 640 g/mol. The van der Waals surface area contributed by atoms with Gasteiger partial charge in [0.25, 0.3) is 15.9 Å². The van der Waals surface area contributed by atoms with Gasteiger partial charge in [-0.05, 0) is 61.0 Å². The van der Waals surface area contributed by atoms with Gasteiger partial charge in [0.15, 0.2) is 0 Å². The van der Waals surface area contributed by atoms with Crippen molar-refractivity contribution in [1.29, 1.82) is 0 Å². The fourth-order valence-corrected chi connectivity index (χ4v) is 7.26. The number of para-hydroxylation sites is 1. The van der Waals surface area contributed by atoms with Crippen molar-refractivity contribution in [3.63, 3.8) is 0 Å². The SMILES string of the molecule is CCCCCCCCCCCC(CCCC)N(Cl)S(=O)(=O)C(Cl)(C(=O)Nc1ccccc1)C(=O)c1ccc(OC)cc1. The maximum absolute atomic E-state index is 14.1. The van der Waals surface area contributed by atoms with Crippen LogP contribution in [0.4, 0.5) is 5.69 Å². The molecule has 10 heteroatoms. The molecular formula is C32H46Cl2N2O5S. The number of ketones is 1. The molecule has 0 radical (unpaired) electrons. The summed E-state index contributed by atoms with van der Waals surface area (Å²) < 4.78 is 31.0. The summed E-state index contributed by atoms with van der Waals surface area (Å²) in [6, 6.07) is 13.4. The number of amides is 1. The Morgan fingerprint density at radius 2 is 1.36 bits per heavy atom. The van der Waals surface area contributed by atoms with E-state index in [1.165, 1.54) is 63.5 Å². The first-order valence-electron chi connectivity index (χ1n) is 15.1. The van der Waals surface area contributed by atoms with Crippen LogP contribution in [0.5, 0.6) is 5.75 Å². The Balaban J connectivity index is 2.30. The van der Waals surface area contributed by atoms with Crippen molar-refractivity contribution >= 4 is 50.8 Å². The maximum atomic E-state index is 14.1. The van der Waals surface area contributed by atoms with Crippen LogP contribution in [-0.4, -0.2) is 41.3 Å². The largest absolute Gasteiger partial charge is 0.497 e. The van der Waals surface area contributed by atoms with Gasteiger partial charge in [-0.3, -0.25) is 9.59 Å². The molecule has 1 N–H and O–H groups in total. The number of ether oxygens (including phenoxy) is 1. The predicted octanol–water partition coefficient (Wildman–Crippen LogP) is 8.72. The summed E-state index contributed by atoms with van der Waals surface area (Å²) in [5, 5.41) is 2.50. The van der Waals surface area contributed by atoms with Crippen LogP contribution in [0.2, 0.25) is 0 Å². The molecule has 0 aliphatic carbocycles. The molecule has 2 atom stereocenters. The molecule has 7 nitrogen and oxygen atoms in total. The minimum absolute atomic E-state index is 0.0632. The molecule has 0 aliphatic heterocycles. The molecule has 1 amide bonds. The average molecular weight is 642 g/mol.